The third kappa shape index (κ3) is 27.7. The maximum atomic E-state index is 2.30. The normalized spacial score (nSPS) is 11.7. The quantitative estimate of drug-likeness (QED) is 0.0963. The minimum absolute atomic E-state index is 1.29. The topological polar surface area (TPSA) is 0 Å². The molecule has 0 aliphatic heterocycles. The average Bonchev–Trinajstić information content (AvgIpc) is 2.76. The van der Waals surface area contributed by atoms with Crippen LogP contribution in [-0.4, -0.2) is 0 Å². The predicted molar refractivity (Wildman–Crippen MR) is 141 cm³/mol. The molecule has 0 spiro atoms. The van der Waals surface area contributed by atoms with E-state index in [0.717, 1.165) is 0 Å². The van der Waals surface area contributed by atoms with Gasteiger partial charge in [0.2, 0.25) is 0 Å². The van der Waals surface area contributed by atoms with Crippen molar-refractivity contribution >= 4 is 0 Å². The molecule has 0 aliphatic rings. The third-order valence-electron chi connectivity index (χ3n) is 6.71. The van der Waals surface area contributed by atoms with E-state index in [-0.39, 0.29) is 0 Å². The fourth-order valence-corrected chi connectivity index (χ4v) is 4.57. The second kappa shape index (κ2) is 28.7. The predicted octanol–water partition coefficient (Wildman–Crippen LogP) is 11.7. The van der Waals surface area contributed by atoms with Crippen LogP contribution < -0.4 is 0 Å². The molecule has 0 saturated heterocycles. The summed E-state index contributed by atoms with van der Waals surface area (Å²) in [6, 6.07) is 0. The maximum Gasteiger partial charge on any atom is -0.0351 e. The van der Waals surface area contributed by atoms with Gasteiger partial charge in [0.05, 0.1) is 0 Å². The van der Waals surface area contributed by atoms with Gasteiger partial charge in [-0.15, -0.1) is 0 Å². The first-order valence-electron chi connectivity index (χ1n) is 14.5. The molecule has 0 aromatic rings. The molecule has 0 heterocycles. The molecule has 0 aliphatic carbocycles. The van der Waals surface area contributed by atoms with E-state index in [2.05, 4.69) is 26.0 Å². The van der Waals surface area contributed by atoms with Gasteiger partial charge in [0.1, 0.15) is 0 Å². The Bertz CT molecular complexity index is 303. The zero-order valence-electron chi connectivity index (χ0n) is 21.5. The Morgan fingerprint density at radius 2 is 0.567 bits per heavy atom. The lowest BCUT2D eigenvalue weighted by molar-refractivity contribution is 0.516. The molecule has 0 atom stereocenters. The largest absolute Gasteiger partial charge is 0.0917 e. The first-order valence-corrected chi connectivity index (χ1v) is 14.5. The number of rotatable bonds is 26. The summed E-state index contributed by atoms with van der Waals surface area (Å²) in [6.07, 6.45) is 42.6. The summed E-state index contributed by atoms with van der Waals surface area (Å²) in [5.41, 5.74) is 0. The molecule has 0 unspecified atom stereocenters. The van der Waals surface area contributed by atoms with Gasteiger partial charge in [-0.05, 0) is 19.8 Å². The SMILES string of the molecule is CC=CCCCCCCCCCCCCCCCCCCCCCCCCCCC. The van der Waals surface area contributed by atoms with Crippen molar-refractivity contribution in [3.05, 3.63) is 12.2 Å². The van der Waals surface area contributed by atoms with Crippen LogP contribution in [0.25, 0.3) is 0 Å². The highest BCUT2D eigenvalue weighted by Gasteiger charge is 1.96. The number of hydrogen-bond donors (Lipinski definition) is 0. The molecule has 180 valence electrons. The Hall–Kier alpha value is -0.260. The molecule has 0 rings (SSSR count). The summed E-state index contributed by atoms with van der Waals surface area (Å²) in [5, 5.41) is 0. The van der Waals surface area contributed by atoms with Crippen LogP contribution in [0.1, 0.15) is 181 Å². The van der Waals surface area contributed by atoms with E-state index in [1.165, 1.54) is 167 Å². The van der Waals surface area contributed by atoms with E-state index >= 15 is 0 Å². The fourth-order valence-electron chi connectivity index (χ4n) is 4.57. The summed E-state index contributed by atoms with van der Waals surface area (Å²) in [7, 11) is 0. The summed E-state index contributed by atoms with van der Waals surface area (Å²) in [4.78, 5) is 0. The van der Waals surface area contributed by atoms with Gasteiger partial charge >= 0.3 is 0 Å². The van der Waals surface area contributed by atoms with E-state index in [0.29, 0.717) is 0 Å². The van der Waals surface area contributed by atoms with Crippen LogP contribution >= 0.6 is 0 Å². The van der Waals surface area contributed by atoms with Crippen LogP contribution in [0.3, 0.4) is 0 Å². The molecule has 0 fully saturated rings. The molecule has 0 N–H and O–H groups in total. The van der Waals surface area contributed by atoms with E-state index in [1.54, 1.807) is 0 Å². The van der Waals surface area contributed by atoms with Crippen molar-refractivity contribution in [2.75, 3.05) is 0 Å². The molecule has 0 nitrogen and oxygen atoms in total. The minimum atomic E-state index is 1.29. The van der Waals surface area contributed by atoms with Crippen LogP contribution in [0.5, 0.6) is 0 Å². The Kier molecular flexibility index (Phi) is 28.5. The highest BCUT2D eigenvalue weighted by atomic mass is 14.0. The van der Waals surface area contributed by atoms with Gasteiger partial charge in [-0.25, -0.2) is 0 Å². The average molecular weight is 421 g/mol. The van der Waals surface area contributed by atoms with Crippen molar-refractivity contribution < 1.29 is 0 Å². The fraction of sp³-hybridized carbons (Fsp3) is 0.933. The van der Waals surface area contributed by atoms with Crippen molar-refractivity contribution in [3.8, 4) is 0 Å². The maximum absolute atomic E-state index is 2.30. The second-order valence-electron chi connectivity index (χ2n) is 9.84. The zero-order valence-corrected chi connectivity index (χ0v) is 21.5. The lowest BCUT2D eigenvalue weighted by atomic mass is 10.0. The molecule has 0 aromatic carbocycles. The Balaban J connectivity index is 2.99. The van der Waals surface area contributed by atoms with Gasteiger partial charge < -0.3 is 0 Å². The molecule has 0 bridgehead atoms. The molecule has 0 radical (unpaired) electrons. The van der Waals surface area contributed by atoms with Crippen molar-refractivity contribution in [2.24, 2.45) is 0 Å². The van der Waals surface area contributed by atoms with Gasteiger partial charge in [-0.3, -0.25) is 0 Å². The van der Waals surface area contributed by atoms with Crippen LogP contribution in [0.15, 0.2) is 12.2 Å². The van der Waals surface area contributed by atoms with Gasteiger partial charge in [0, 0.05) is 0 Å². The van der Waals surface area contributed by atoms with Gasteiger partial charge in [0.25, 0.3) is 0 Å². The summed E-state index contributed by atoms with van der Waals surface area (Å²) < 4.78 is 0. The Labute approximate surface area is 193 Å². The number of allylic oxidation sites excluding steroid dienone is 2. The highest BCUT2D eigenvalue weighted by Crippen LogP contribution is 2.15. The minimum Gasteiger partial charge on any atom is -0.0917 e. The van der Waals surface area contributed by atoms with E-state index in [9.17, 15) is 0 Å². The van der Waals surface area contributed by atoms with Crippen molar-refractivity contribution in [1.82, 2.24) is 0 Å². The number of unbranched alkanes of at least 4 members (excludes halogenated alkanes) is 25. The summed E-state index contributed by atoms with van der Waals surface area (Å²) in [6.45, 7) is 4.43. The van der Waals surface area contributed by atoms with Gasteiger partial charge in [-0.2, -0.15) is 0 Å². The first kappa shape index (κ1) is 29.7. The summed E-state index contributed by atoms with van der Waals surface area (Å²) in [5.74, 6) is 0. The zero-order chi connectivity index (χ0) is 21.8. The monoisotopic (exact) mass is 420 g/mol. The summed E-state index contributed by atoms with van der Waals surface area (Å²) >= 11 is 0. The van der Waals surface area contributed by atoms with E-state index in [4.69, 9.17) is 0 Å². The lowest BCUT2D eigenvalue weighted by Gasteiger charge is -2.04. The standard InChI is InChI=1S/C30H60/c1-3-5-7-9-11-13-15-17-19-21-23-25-27-29-30-28-26-24-22-20-18-16-14-12-10-8-6-4-2/h3,5H,4,6-30H2,1-2H3. The molecule has 0 saturated carbocycles. The molecule has 0 amide bonds. The molecular formula is C30H60. The lowest BCUT2D eigenvalue weighted by Crippen LogP contribution is -1.84. The van der Waals surface area contributed by atoms with E-state index in [1.807, 2.05) is 0 Å². The van der Waals surface area contributed by atoms with Crippen LogP contribution in [0.4, 0.5) is 0 Å². The van der Waals surface area contributed by atoms with E-state index < -0.39 is 0 Å². The van der Waals surface area contributed by atoms with Gasteiger partial charge in [-0.1, -0.05) is 173 Å². The number of hydrogen-bond acceptors (Lipinski definition) is 0. The van der Waals surface area contributed by atoms with Crippen molar-refractivity contribution in [1.29, 1.82) is 0 Å². The second-order valence-corrected chi connectivity index (χ2v) is 9.84. The molecule has 30 heavy (non-hydrogen) atoms. The highest BCUT2D eigenvalue weighted by molar-refractivity contribution is 4.76. The van der Waals surface area contributed by atoms with Crippen LogP contribution in [0, 0.1) is 0 Å². The van der Waals surface area contributed by atoms with Gasteiger partial charge in [0.15, 0.2) is 0 Å². The van der Waals surface area contributed by atoms with Crippen LogP contribution in [-0.2, 0) is 0 Å². The van der Waals surface area contributed by atoms with Crippen molar-refractivity contribution in [3.63, 3.8) is 0 Å². The Morgan fingerprint density at radius 1 is 0.333 bits per heavy atom. The first-order chi connectivity index (χ1) is 14.9. The molecule has 0 heteroatoms. The smallest absolute Gasteiger partial charge is 0.0351 e. The van der Waals surface area contributed by atoms with Crippen LogP contribution in [0.2, 0.25) is 0 Å². The molecular weight excluding hydrogens is 360 g/mol. The Morgan fingerprint density at radius 3 is 0.800 bits per heavy atom. The van der Waals surface area contributed by atoms with Crippen molar-refractivity contribution in [2.45, 2.75) is 181 Å². The third-order valence-corrected chi connectivity index (χ3v) is 6.71. The molecule has 0 aromatic heterocycles.